The maximum Gasteiger partial charge on any atom is 0.358 e. The van der Waals surface area contributed by atoms with E-state index in [2.05, 4.69) is 30.9 Å². The van der Waals surface area contributed by atoms with Gasteiger partial charge >= 0.3 is 24.1 Å². The molecule has 81 heavy (non-hydrogen) atoms. The number of imidazole rings is 3. The number of ether oxygens (including phenoxy) is 1. The first kappa shape index (κ1) is 60.1. The minimum atomic E-state index is -1.05. The van der Waals surface area contributed by atoms with Crippen molar-refractivity contribution < 1.29 is 59.8 Å². The lowest BCUT2D eigenvalue weighted by Crippen LogP contribution is -2.46. The normalized spacial score (nSPS) is 16.5. The van der Waals surface area contributed by atoms with E-state index in [0.29, 0.717) is 60.9 Å². The van der Waals surface area contributed by atoms with Gasteiger partial charge in [0, 0.05) is 85.9 Å². The molecule has 6 aromatic rings. The van der Waals surface area contributed by atoms with Crippen LogP contribution in [0.5, 0.6) is 0 Å². The minimum Gasteiger partial charge on any atom is -0.464 e. The lowest BCUT2D eigenvalue weighted by Gasteiger charge is -2.34. The number of Topliss-reactive ketones (excluding diaryl/α,β-unsaturated/α-hetero) is 2. The predicted molar refractivity (Wildman–Crippen MR) is 286 cm³/mol. The molecule has 0 aliphatic carbocycles. The van der Waals surface area contributed by atoms with Gasteiger partial charge < -0.3 is 49.1 Å². The molecule has 19 nitrogen and oxygen atoms in total. The van der Waals surface area contributed by atoms with Crippen LogP contribution in [0.3, 0.4) is 0 Å². The number of ketones is 2. The fourth-order valence-corrected chi connectivity index (χ4v) is 9.28. The molecule has 0 saturated heterocycles. The zero-order valence-corrected chi connectivity index (χ0v) is 46.5. The highest BCUT2D eigenvalue weighted by atomic mass is 19.2. The summed E-state index contributed by atoms with van der Waals surface area (Å²) in [5.74, 6) is -6.75. The van der Waals surface area contributed by atoms with Crippen LogP contribution in [0.4, 0.5) is 57.8 Å². The Kier molecular flexibility index (Phi) is 18.2. The summed E-state index contributed by atoms with van der Waals surface area (Å²) >= 11 is 0. The standard InChI is InChI=1S/2C20H24F2N4O2.C16H16F2N4O3/c2*1-12-9-25-11-23-18(17(27)8-20(2,3)4)16(25)10-26(12)19(28)24-13-5-6-14(21)15(22)7-13;1-9-6-21-8-19-14(15(23)25-2)13(21)7-22(9)16(24)20-10-3-4-11(17)12(18)5-10/h2*5-7,11-12H,8-10H2,1-4H3,(H,24,28);3-5,8-9H,6-7H2,1-2H3,(H,20,24)/t2*12-;9-/m000/s1. The fourth-order valence-electron chi connectivity index (χ4n) is 9.28. The molecule has 3 aliphatic rings. The topological polar surface area (TPSA) is 211 Å². The molecule has 432 valence electrons. The molecule has 3 aliphatic heterocycles. The number of esters is 1. The van der Waals surface area contributed by atoms with Gasteiger partial charge in [-0.25, -0.2) is 60.5 Å². The second-order valence-electron chi connectivity index (χ2n) is 22.5. The summed E-state index contributed by atoms with van der Waals surface area (Å²) in [7, 11) is 1.26. The Bertz CT molecular complexity index is 3210. The number of nitrogens with one attached hydrogen (secondary N) is 3. The van der Waals surface area contributed by atoms with Gasteiger partial charge in [-0.05, 0) is 68.0 Å². The number of fused-ring (bicyclic) bond motifs is 3. The summed E-state index contributed by atoms with van der Waals surface area (Å²) in [4.78, 5) is 92.2. The van der Waals surface area contributed by atoms with Gasteiger partial charge in [-0.3, -0.25) is 9.59 Å². The monoisotopic (exact) mass is 1130 g/mol. The van der Waals surface area contributed by atoms with Crippen LogP contribution in [0.25, 0.3) is 0 Å². The highest BCUT2D eigenvalue weighted by Crippen LogP contribution is 2.30. The van der Waals surface area contributed by atoms with E-state index < -0.39 is 59.0 Å². The Balaban J connectivity index is 0.000000176. The lowest BCUT2D eigenvalue weighted by molar-refractivity contribution is 0.0589. The molecular weight excluding hydrogens is 1070 g/mol. The van der Waals surface area contributed by atoms with E-state index in [-0.39, 0.29) is 82.9 Å². The summed E-state index contributed by atoms with van der Waals surface area (Å²) in [6, 6.07) is 7.65. The number of methoxy groups -OCH3 is 1. The van der Waals surface area contributed by atoms with Crippen molar-refractivity contribution in [3.63, 3.8) is 0 Å². The van der Waals surface area contributed by atoms with Gasteiger partial charge in [-0.15, -0.1) is 0 Å². The predicted octanol–water partition coefficient (Wildman–Crippen LogP) is 10.8. The van der Waals surface area contributed by atoms with Crippen LogP contribution in [-0.2, 0) is 44.0 Å². The van der Waals surface area contributed by atoms with Crippen LogP contribution in [-0.4, -0.2) is 104 Å². The SMILES string of the molecule is COC(=O)c1ncn2c1CN(C(=O)Nc1ccc(F)c(F)c1)[C@@H](C)C2.C[C@H]1Cn2cnc(C(=O)CC(C)(C)C)c2CN1C(=O)Nc1ccc(F)c(F)c1.C[C@H]1Cn2cnc(C(=O)CC(C)(C)C)c2CN1C(=O)Nc1ccc(F)c(F)c1. The molecule has 6 heterocycles. The van der Waals surface area contributed by atoms with E-state index in [1.54, 1.807) is 27.0 Å². The number of carbonyl (C=O) groups excluding carboxylic acids is 6. The first-order valence-corrected chi connectivity index (χ1v) is 25.9. The van der Waals surface area contributed by atoms with E-state index in [1.807, 2.05) is 71.4 Å². The maximum absolute atomic E-state index is 13.4. The number of urea groups is 3. The molecule has 0 spiro atoms. The minimum absolute atomic E-state index is 0.0585. The van der Waals surface area contributed by atoms with E-state index in [4.69, 9.17) is 4.74 Å². The van der Waals surface area contributed by atoms with E-state index in [1.165, 1.54) is 36.5 Å². The van der Waals surface area contributed by atoms with Crippen molar-refractivity contribution in [1.82, 2.24) is 43.4 Å². The second-order valence-corrected chi connectivity index (χ2v) is 22.5. The van der Waals surface area contributed by atoms with Gasteiger partial charge in [0.2, 0.25) is 0 Å². The van der Waals surface area contributed by atoms with Crippen LogP contribution in [0.2, 0.25) is 0 Å². The number of hydrogen-bond acceptors (Lipinski definition) is 10. The van der Waals surface area contributed by atoms with Crippen LogP contribution < -0.4 is 16.0 Å². The van der Waals surface area contributed by atoms with Gasteiger partial charge in [0.25, 0.3) is 0 Å². The van der Waals surface area contributed by atoms with E-state index in [9.17, 15) is 55.1 Å². The average Bonchev–Trinajstić information content (AvgIpc) is 4.14. The third-order valence-electron chi connectivity index (χ3n) is 13.4. The summed E-state index contributed by atoms with van der Waals surface area (Å²) in [5.41, 5.74) is 2.99. The largest absolute Gasteiger partial charge is 0.464 e. The number of rotatable bonds is 8. The molecule has 9 rings (SSSR count). The molecule has 0 saturated carbocycles. The van der Waals surface area contributed by atoms with Crippen molar-refractivity contribution >= 4 is 52.7 Å². The zero-order chi connectivity index (χ0) is 59.4. The number of aromatic nitrogens is 6. The summed E-state index contributed by atoms with van der Waals surface area (Å²) in [5, 5.41) is 7.70. The van der Waals surface area contributed by atoms with Gasteiger partial charge in [0.15, 0.2) is 52.2 Å². The number of amides is 6. The molecule has 3 atom stereocenters. The number of halogens is 6. The molecule has 3 N–H and O–H groups in total. The number of benzene rings is 3. The number of hydrogen-bond donors (Lipinski definition) is 3. The van der Waals surface area contributed by atoms with Crippen LogP contribution >= 0.6 is 0 Å². The molecule has 6 amide bonds. The second kappa shape index (κ2) is 24.5. The van der Waals surface area contributed by atoms with Crippen LogP contribution in [0.1, 0.15) is 124 Å². The quantitative estimate of drug-likeness (QED) is 0.0745. The average molecular weight is 1130 g/mol. The van der Waals surface area contributed by atoms with Crippen molar-refractivity contribution in [2.24, 2.45) is 10.8 Å². The summed E-state index contributed by atoms with van der Waals surface area (Å²) in [6.45, 7) is 19.5. The number of carbonyl (C=O) groups is 6. The van der Waals surface area contributed by atoms with Crippen molar-refractivity contribution in [2.75, 3.05) is 23.1 Å². The van der Waals surface area contributed by atoms with E-state index in [0.717, 1.165) is 36.4 Å². The lowest BCUT2D eigenvalue weighted by atomic mass is 9.88. The van der Waals surface area contributed by atoms with Crippen molar-refractivity contribution in [3.05, 3.63) is 143 Å². The molecule has 0 bridgehead atoms. The summed E-state index contributed by atoms with van der Waals surface area (Å²) < 4.78 is 89.5. The third-order valence-corrected chi connectivity index (χ3v) is 13.4. The third kappa shape index (κ3) is 14.7. The van der Waals surface area contributed by atoms with Gasteiger partial charge in [-0.2, -0.15) is 0 Å². The highest BCUT2D eigenvalue weighted by molar-refractivity contribution is 5.97. The van der Waals surface area contributed by atoms with Crippen LogP contribution in [0.15, 0.2) is 73.6 Å². The first-order chi connectivity index (χ1) is 38.0. The van der Waals surface area contributed by atoms with Crippen molar-refractivity contribution in [1.29, 1.82) is 0 Å². The van der Waals surface area contributed by atoms with Gasteiger partial charge in [0.05, 0.1) is 62.8 Å². The van der Waals surface area contributed by atoms with Gasteiger partial charge in [-0.1, -0.05) is 41.5 Å². The molecular formula is C56H64F6N12O7. The Morgan fingerprint density at radius 1 is 0.481 bits per heavy atom. The maximum atomic E-state index is 13.4. The Morgan fingerprint density at radius 3 is 1.04 bits per heavy atom. The molecule has 3 aromatic carbocycles. The van der Waals surface area contributed by atoms with Gasteiger partial charge in [0.1, 0.15) is 11.4 Å². The fraction of sp³-hybridized carbons (Fsp3) is 0.411. The summed E-state index contributed by atoms with van der Waals surface area (Å²) in [6.07, 6.45) is 5.50. The first-order valence-electron chi connectivity index (χ1n) is 25.9. The highest BCUT2D eigenvalue weighted by Gasteiger charge is 2.35. The van der Waals surface area contributed by atoms with E-state index >= 15 is 0 Å². The molecule has 0 radical (unpaired) electrons. The van der Waals surface area contributed by atoms with Crippen molar-refractivity contribution in [2.45, 2.75) is 133 Å². The zero-order valence-electron chi connectivity index (χ0n) is 46.5. The number of anilines is 3. The van der Waals surface area contributed by atoms with Crippen LogP contribution in [0, 0.1) is 45.7 Å². The Hall–Kier alpha value is -8.51. The number of nitrogens with zero attached hydrogens (tertiary/aromatic N) is 9. The Morgan fingerprint density at radius 2 is 0.765 bits per heavy atom. The molecule has 0 fully saturated rings. The Labute approximate surface area is 463 Å². The molecule has 25 heteroatoms. The smallest absolute Gasteiger partial charge is 0.358 e. The molecule has 0 unspecified atom stereocenters. The molecule has 3 aromatic heterocycles. The van der Waals surface area contributed by atoms with Crippen molar-refractivity contribution in [3.8, 4) is 0 Å².